The van der Waals surface area contributed by atoms with Gasteiger partial charge in [-0.25, -0.2) is 12.8 Å². The second kappa shape index (κ2) is 5.93. The van der Waals surface area contributed by atoms with E-state index in [1.54, 1.807) is 24.3 Å². The minimum Gasteiger partial charge on any atom is -0.312 e. The van der Waals surface area contributed by atoms with Crippen molar-refractivity contribution >= 4 is 50.1 Å². The highest BCUT2D eigenvalue weighted by Crippen LogP contribution is 2.38. The predicted molar refractivity (Wildman–Crippen MR) is 102 cm³/mol. The van der Waals surface area contributed by atoms with Gasteiger partial charge in [0, 0.05) is 16.4 Å². The lowest BCUT2D eigenvalue weighted by Crippen LogP contribution is -2.37. The minimum atomic E-state index is -3.17. The molecule has 0 aromatic heterocycles. The van der Waals surface area contributed by atoms with Gasteiger partial charge in [0.25, 0.3) is 0 Å². The van der Waals surface area contributed by atoms with Crippen LogP contribution in [0, 0.1) is 5.82 Å². The average Bonchev–Trinajstić information content (AvgIpc) is 2.99. The fraction of sp³-hybridized carbons (Fsp3) is 0.235. The van der Waals surface area contributed by atoms with Crippen LogP contribution in [0.1, 0.15) is 0 Å². The third kappa shape index (κ3) is 2.90. The fourth-order valence-electron chi connectivity index (χ4n) is 3.51. The molecule has 2 fully saturated rings. The highest BCUT2D eigenvalue weighted by molar-refractivity contribution is 7.91. The first kappa shape index (κ1) is 16.8. The number of benzene rings is 2. The van der Waals surface area contributed by atoms with Gasteiger partial charge in [-0.05, 0) is 60.7 Å². The number of rotatable bonds is 2. The standard InChI is InChI=1S/C17H14ClFN2O2S2/c18-11-1-5-13(6-2-11)20-15-9-25(22,23)10-16(15)21(17(20)24)14-7-3-12(19)4-8-14/h1-8,15-16H,9-10H2/t15-,16+/m1/s1. The van der Waals surface area contributed by atoms with E-state index in [1.165, 1.54) is 12.1 Å². The lowest BCUT2D eigenvalue weighted by Gasteiger charge is -2.25. The first-order valence-electron chi connectivity index (χ1n) is 7.70. The molecule has 8 heteroatoms. The van der Waals surface area contributed by atoms with Gasteiger partial charge in [-0.15, -0.1) is 0 Å². The molecule has 0 saturated carbocycles. The molecule has 2 aliphatic rings. The van der Waals surface area contributed by atoms with Gasteiger partial charge < -0.3 is 9.80 Å². The van der Waals surface area contributed by atoms with E-state index >= 15 is 0 Å². The number of anilines is 2. The van der Waals surface area contributed by atoms with Crippen LogP contribution in [0.15, 0.2) is 48.5 Å². The molecule has 2 aromatic carbocycles. The van der Waals surface area contributed by atoms with Crippen LogP contribution in [0.3, 0.4) is 0 Å². The Labute approximate surface area is 155 Å². The zero-order chi connectivity index (χ0) is 17.8. The van der Waals surface area contributed by atoms with Crippen LogP contribution in [0.2, 0.25) is 5.02 Å². The van der Waals surface area contributed by atoms with Gasteiger partial charge in [-0.1, -0.05) is 11.6 Å². The monoisotopic (exact) mass is 396 g/mol. The van der Waals surface area contributed by atoms with Crippen molar-refractivity contribution in [2.45, 2.75) is 12.1 Å². The van der Waals surface area contributed by atoms with Gasteiger partial charge in [-0.3, -0.25) is 0 Å². The predicted octanol–water partition coefficient (Wildman–Crippen LogP) is 3.26. The molecule has 0 N–H and O–H groups in total. The van der Waals surface area contributed by atoms with Crippen LogP contribution in [-0.4, -0.2) is 37.1 Å². The Bertz CT molecular complexity index is 863. The highest BCUT2D eigenvalue weighted by Gasteiger charge is 2.52. The van der Waals surface area contributed by atoms with Gasteiger partial charge in [-0.2, -0.15) is 0 Å². The summed E-state index contributed by atoms with van der Waals surface area (Å²) < 4.78 is 37.7. The van der Waals surface area contributed by atoms with Crippen molar-refractivity contribution in [3.05, 3.63) is 59.4 Å². The largest absolute Gasteiger partial charge is 0.312 e. The number of thiocarbonyl (C=S) groups is 1. The van der Waals surface area contributed by atoms with Gasteiger partial charge >= 0.3 is 0 Å². The van der Waals surface area contributed by atoms with Crippen molar-refractivity contribution in [1.82, 2.24) is 0 Å². The molecule has 2 heterocycles. The number of nitrogens with zero attached hydrogens (tertiary/aromatic N) is 2. The molecule has 0 bridgehead atoms. The molecule has 4 rings (SSSR count). The molecule has 2 atom stereocenters. The van der Waals surface area contributed by atoms with Crippen LogP contribution in [-0.2, 0) is 9.84 Å². The normalized spacial score (nSPS) is 24.6. The van der Waals surface area contributed by atoms with Crippen molar-refractivity contribution in [1.29, 1.82) is 0 Å². The second-order valence-electron chi connectivity index (χ2n) is 6.19. The molecular formula is C17H14ClFN2O2S2. The van der Waals surface area contributed by atoms with Crippen LogP contribution >= 0.6 is 23.8 Å². The molecule has 2 aliphatic heterocycles. The molecule has 0 unspecified atom stereocenters. The van der Waals surface area contributed by atoms with Gasteiger partial charge in [0.05, 0.1) is 23.6 Å². The minimum absolute atomic E-state index is 0.0271. The SMILES string of the molecule is O=S1(=O)C[C@@H]2[C@H](C1)N(c1ccc(F)cc1)C(=S)N2c1ccc(Cl)cc1. The summed E-state index contributed by atoms with van der Waals surface area (Å²) in [5, 5.41) is 1.11. The Morgan fingerprint density at radius 2 is 1.36 bits per heavy atom. The Balaban J connectivity index is 1.79. The van der Waals surface area contributed by atoms with Gasteiger partial charge in [0.2, 0.25) is 0 Å². The quantitative estimate of drug-likeness (QED) is 0.729. The first-order valence-corrected chi connectivity index (χ1v) is 10.3. The summed E-state index contributed by atoms with van der Waals surface area (Å²) in [5.74, 6) is -0.281. The van der Waals surface area contributed by atoms with Crippen LogP contribution < -0.4 is 9.80 Å². The maximum Gasteiger partial charge on any atom is 0.181 e. The molecule has 4 nitrogen and oxygen atoms in total. The Hall–Kier alpha value is -1.70. The van der Waals surface area contributed by atoms with E-state index in [0.717, 1.165) is 5.69 Å². The van der Waals surface area contributed by atoms with E-state index < -0.39 is 9.84 Å². The van der Waals surface area contributed by atoms with Crippen molar-refractivity contribution in [2.75, 3.05) is 21.3 Å². The molecule has 2 aromatic rings. The number of fused-ring (bicyclic) bond motifs is 1. The Morgan fingerprint density at radius 1 is 0.920 bits per heavy atom. The van der Waals surface area contributed by atoms with Crippen molar-refractivity contribution in [2.24, 2.45) is 0 Å². The smallest absolute Gasteiger partial charge is 0.181 e. The maximum absolute atomic E-state index is 13.3. The summed E-state index contributed by atoms with van der Waals surface area (Å²) >= 11 is 11.6. The molecule has 2 saturated heterocycles. The summed E-state index contributed by atoms with van der Waals surface area (Å²) in [5.41, 5.74) is 1.49. The summed E-state index contributed by atoms with van der Waals surface area (Å²) in [6.07, 6.45) is 0. The molecule has 0 spiro atoms. The van der Waals surface area contributed by atoms with Gasteiger partial charge in [0.15, 0.2) is 14.9 Å². The summed E-state index contributed by atoms with van der Waals surface area (Å²) in [4.78, 5) is 3.68. The molecule has 25 heavy (non-hydrogen) atoms. The topological polar surface area (TPSA) is 40.6 Å². The van der Waals surface area contributed by atoms with Crippen LogP contribution in [0.5, 0.6) is 0 Å². The molecular weight excluding hydrogens is 383 g/mol. The molecule has 0 radical (unpaired) electrons. The van der Waals surface area contributed by atoms with Crippen molar-refractivity contribution in [3.63, 3.8) is 0 Å². The van der Waals surface area contributed by atoms with E-state index in [0.29, 0.717) is 15.8 Å². The summed E-state index contributed by atoms with van der Waals surface area (Å²) in [6, 6.07) is 12.5. The first-order chi connectivity index (χ1) is 11.9. The van der Waals surface area contributed by atoms with Crippen molar-refractivity contribution in [3.8, 4) is 0 Å². The average molecular weight is 397 g/mol. The number of hydrogen-bond donors (Lipinski definition) is 0. The maximum atomic E-state index is 13.3. The second-order valence-corrected chi connectivity index (χ2v) is 9.14. The third-order valence-corrected chi connectivity index (χ3v) is 6.92. The Morgan fingerprint density at radius 3 is 1.84 bits per heavy atom. The van der Waals surface area contributed by atoms with E-state index in [2.05, 4.69) is 0 Å². The number of sulfone groups is 1. The zero-order valence-electron chi connectivity index (χ0n) is 13.0. The summed E-state index contributed by atoms with van der Waals surface area (Å²) in [6.45, 7) is 0. The summed E-state index contributed by atoms with van der Waals surface area (Å²) in [7, 11) is -3.17. The van der Waals surface area contributed by atoms with E-state index in [-0.39, 0.29) is 29.4 Å². The zero-order valence-corrected chi connectivity index (χ0v) is 15.4. The lowest BCUT2D eigenvalue weighted by atomic mass is 10.1. The van der Waals surface area contributed by atoms with E-state index in [1.807, 2.05) is 21.9 Å². The highest BCUT2D eigenvalue weighted by atomic mass is 35.5. The van der Waals surface area contributed by atoms with Crippen molar-refractivity contribution < 1.29 is 12.8 Å². The van der Waals surface area contributed by atoms with Crippen LogP contribution in [0.25, 0.3) is 0 Å². The fourth-order valence-corrected chi connectivity index (χ4v) is 6.04. The Kier molecular flexibility index (Phi) is 3.97. The lowest BCUT2D eigenvalue weighted by molar-refractivity contribution is 0.601. The number of hydrogen-bond acceptors (Lipinski definition) is 3. The van der Waals surface area contributed by atoms with E-state index in [9.17, 15) is 12.8 Å². The molecule has 0 aliphatic carbocycles. The van der Waals surface area contributed by atoms with Crippen LogP contribution in [0.4, 0.5) is 15.8 Å². The molecule has 0 amide bonds. The van der Waals surface area contributed by atoms with E-state index in [4.69, 9.17) is 23.8 Å². The third-order valence-electron chi connectivity index (χ3n) is 4.58. The number of halogens is 2. The molecule has 130 valence electrons. The van der Waals surface area contributed by atoms with Gasteiger partial charge in [0.1, 0.15) is 5.82 Å².